The maximum atomic E-state index is 10.9. The minimum atomic E-state index is -3.67. The average molecular weight is 211 g/mol. The molecule has 0 aromatic carbocycles. The summed E-state index contributed by atoms with van der Waals surface area (Å²) in [6.07, 6.45) is 0.523. The van der Waals surface area contributed by atoms with Crippen LogP contribution in [-0.4, -0.2) is 45.5 Å². The number of hydrogen-bond acceptors (Lipinski definition) is 4. The molecule has 0 fully saturated rings. The predicted molar refractivity (Wildman–Crippen MR) is 45.9 cm³/mol. The van der Waals surface area contributed by atoms with Crippen LogP contribution in [0.4, 0.5) is 0 Å². The number of carbonyl (C=O) groups is 1. The molecule has 13 heavy (non-hydrogen) atoms. The Labute approximate surface area is 76.9 Å². The van der Waals surface area contributed by atoms with Crippen molar-refractivity contribution in [3.63, 3.8) is 0 Å². The van der Waals surface area contributed by atoms with Gasteiger partial charge in [-0.3, -0.25) is 4.79 Å². The molecular formula is C6H13NO5S. The molecule has 0 rings (SSSR count). The number of rotatable bonds is 7. The third-order valence-corrected chi connectivity index (χ3v) is 2.43. The first-order valence-corrected chi connectivity index (χ1v) is 5.31. The topological polar surface area (TPSA) is 92.7 Å². The zero-order chi connectivity index (χ0) is 10.3. The summed E-state index contributed by atoms with van der Waals surface area (Å²) in [5.41, 5.74) is 0. The molecule has 7 heteroatoms. The first-order chi connectivity index (χ1) is 5.98. The van der Waals surface area contributed by atoms with Crippen LogP contribution in [0.1, 0.15) is 6.42 Å². The molecule has 2 N–H and O–H groups in total. The van der Waals surface area contributed by atoms with Crippen molar-refractivity contribution in [3.8, 4) is 0 Å². The van der Waals surface area contributed by atoms with Crippen molar-refractivity contribution in [1.29, 1.82) is 0 Å². The van der Waals surface area contributed by atoms with Crippen molar-refractivity contribution in [2.45, 2.75) is 6.42 Å². The predicted octanol–water partition coefficient (Wildman–Crippen LogP) is -0.973. The van der Waals surface area contributed by atoms with Gasteiger partial charge in [0.15, 0.2) is 5.75 Å². The average Bonchev–Trinajstić information content (AvgIpc) is 1.95. The van der Waals surface area contributed by atoms with Crippen LogP contribution in [0, 0.1) is 0 Å². The van der Waals surface area contributed by atoms with Crippen molar-refractivity contribution >= 4 is 16.0 Å². The van der Waals surface area contributed by atoms with Crippen LogP contribution in [0.5, 0.6) is 0 Å². The maximum Gasteiger partial charge on any atom is 0.320 e. The van der Waals surface area contributed by atoms with Gasteiger partial charge in [0.05, 0.1) is 0 Å². The largest absolute Gasteiger partial charge is 0.480 e. The number of sulfonamides is 1. The first kappa shape index (κ1) is 12.3. The smallest absolute Gasteiger partial charge is 0.320 e. The van der Waals surface area contributed by atoms with Crippen LogP contribution in [0.2, 0.25) is 0 Å². The molecule has 0 aliphatic carbocycles. The molecule has 0 heterocycles. The quantitative estimate of drug-likeness (QED) is 0.528. The van der Waals surface area contributed by atoms with Gasteiger partial charge in [-0.15, -0.1) is 0 Å². The fourth-order valence-corrected chi connectivity index (χ4v) is 1.54. The van der Waals surface area contributed by atoms with E-state index in [0.29, 0.717) is 13.0 Å². The lowest BCUT2D eigenvalue weighted by Gasteiger charge is -2.03. The van der Waals surface area contributed by atoms with Gasteiger partial charge in [0.2, 0.25) is 10.0 Å². The Hall–Kier alpha value is -0.660. The number of aliphatic carboxylic acids is 1. The standard InChI is InChI=1S/C6H13NO5S/c1-12-4-2-3-7-13(10,11)5-6(8)9/h7H,2-5H2,1H3,(H,8,9). The van der Waals surface area contributed by atoms with Gasteiger partial charge in [0.25, 0.3) is 0 Å². The molecule has 0 spiro atoms. The molecule has 78 valence electrons. The third-order valence-electron chi connectivity index (χ3n) is 1.16. The van der Waals surface area contributed by atoms with Gasteiger partial charge in [-0.2, -0.15) is 0 Å². The fraction of sp³-hybridized carbons (Fsp3) is 0.833. The number of methoxy groups -OCH3 is 1. The molecule has 6 nitrogen and oxygen atoms in total. The number of hydrogen-bond donors (Lipinski definition) is 2. The van der Waals surface area contributed by atoms with Crippen LogP contribution < -0.4 is 4.72 Å². The zero-order valence-corrected chi connectivity index (χ0v) is 8.13. The molecule has 0 aliphatic heterocycles. The second-order valence-electron chi connectivity index (χ2n) is 2.39. The second kappa shape index (κ2) is 5.90. The van der Waals surface area contributed by atoms with E-state index >= 15 is 0 Å². The Bertz CT molecular complexity index is 248. The van der Waals surface area contributed by atoms with Crippen LogP contribution in [0.25, 0.3) is 0 Å². The summed E-state index contributed by atoms with van der Waals surface area (Å²) < 4.78 is 28.6. The highest BCUT2D eigenvalue weighted by molar-refractivity contribution is 7.90. The van der Waals surface area contributed by atoms with E-state index in [0.717, 1.165) is 0 Å². The molecule has 0 radical (unpaired) electrons. The van der Waals surface area contributed by atoms with Gasteiger partial charge < -0.3 is 9.84 Å². The number of nitrogens with one attached hydrogen (secondary N) is 1. The van der Waals surface area contributed by atoms with Crippen LogP contribution >= 0.6 is 0 Å². The Morgan fingerprint density at radius 3 is 2.62 bits per heavy atom. The highest BCUT2D eigenvalue weighted by Crippen LogP contribution is 1.85. The van der Waals surface area contributed by atoms with Crippen molar-refractivity contribution in [1.82, 2.24) is 4.72 Å². The number of carboxylic acid groups (broad SMARTS) is 1. The second-order valence-corrected chi connectivity index (χ2v) is 4.20. The monoisotopic (exact) mass is 211 g/mol. The normalized spacial score (nSPS) is 11.5. The number of carboxylic acids is 1. The lowest BCUT2D eigenvalue weighted by atomic mass is 10.5. The Morgan fingerprint density at radius 2 is 2.15 bits per heavy atom. The molecular weight excluding hydrogens is 198 g/mol. The van der Waals surface area contributed by atoms with Crippen LogP contribution in [0.15, 0.2) is 0 Å². The van der Waals surface area contributed by atoms with Gasteiger partial charge in [0.1, 0.15) is 0 Å². The Balaban J connectivity index is 3.71. The van der Waals surface area contributed by atoms with Gasteiger partial charge >= 0.3 is 5.97 Å². The van der Waals surface area contributed by atoms with Crippen molar-refractivity contribution in [3.05, 3.63) is 0 Å². The zero-order valence-electron chi connectivity index (χ0n) is 7.32. The molecule has 0 amide bonds. The molecule has 0 atom stereocenters. The van der Waals surface area contributed by atoms with E-state index in [1.54, 1.807) is 0 Å². The lowest BCUT2D eigenvalue weighted by Crippen LogP contribution is -2.31. The summed E-state index contributed by atoms with van der Waals surface area (Å²) in [6, 6.07) is 0. The highest BCUT2D eigenvalue weighted by atomic mass is 32.2. The lowest BCUT2D eigenvalue weighted by molar-refractivity contribution is -0.134. The molecule has 0 aromatic heterocycles. The Morgan fingerprint density at radius 1 is 1.54 bits per heavy atom. The molecule has 0 unspecified atom stereocenters. The highest BCUT2D eigenvalue weighted by Gasteiger charge is 2.13. The molecule has 0 saturated carbocycles. The summed E-state index contributed by atoms with van der Waals surface area (Å²) in [5, 5.41) is 8.21. The first-order valence-electron chi connectivity index (χ1n) is 3.66. The van der Waals surface area contributed by atoms with E-state index in [1.165, 1.54) is 7.11 Å². The van der Waals surface area contributed by atoms with E-state index in [2.05, 4.69) is 9.46 Å². The summed E-state index contributed by atoms with van der Waals surface area (Å²) in [5.74, 6) is -2.25. The summed E-state index contributed by atoms with van der Waals surface area (Å²) in [7, 11) is -2.16. The van der Waals surface area contributed by atoms with Gasteiger partial charge in [-0.25, -0.2) is 13.1 Å². The van der Waals surface area contributed by atoms with E-state index < -0.39 is 21.7 Å². The maximum absolute atomic E-state index is 10.9. The van der Waals surface area contributed by atoms with E-state index in [1.807, 2.05) is 0 Å². The summed E-state index contributed by atoms with van der Waals surface area (Å²) in [4.78, 5) is 10.1. The van der Waals surface area contributed by atoms with Crippen LogP contribution in [-0.2, 0) is 19.6 Å². The number of ether oxygens (including phenoxy) is 1. The summed E-state index contributed by atoms with van der Waals surface area (Å²) >= 11 is 0. The van der Waals surface area contributed by atoms with E-state index in [9.17, 15) is 13.2 Å². The van der Waals surface area contributed by atoms with E-state index in [4.69, 9.17) is 5.11 Å². The molecule has 0 aromatic rings. The Kier molecular flexibility index (Phi) is 5.60. The molecule has 0 aliphatic rings. The summed E-state index contributed by atoms with van der Waals surface area (Å²) in [6.45, 7) is 0.638. The van der Waals surface area contributed by atoms with Gasteiger partial charge in [-0.05, 0) is 6.42 Å². The third kappa shape index (κ3) is 7.69. The fourth-order valence-electron chi connectivity index (χ4n) is 0.658. The van der Waals surface area contributed by atoms with E-state index in [-0.39, 0.29) is 6.54 Å². The minimum Gasteiger partial charge on any atom is -0.480 e. The molecule has 0 bridgehead atoms. The minimum absolute atomic E-state index is 0.198. The van der Waals surface area contributed by atoms with Crippen molar-refractivity contribution in [2.75, 3.05) is 26.0 Å². The van der Waals surface area contributed by atoms with Crippen molar-refractivity contribution in [2.24, 2.45) is 0 Å². The van der Waals surface area contributed by atoms with Gasteiger partial charge in [0, 0.05) is 20.3 Å². The van der Waals surface area contributed by atoms with Crippen molar-refractivity contribution < 1.29 is 23.1 Å². The molecule has 0 saturated heterocycles. The van der Waals surface area contributed by atoms with Crippen LogP contribution in [0.3, 0.4) is 0 Å². The van der Waals surface area contributed by atoms with Gasteiger partial charge in [-0.1, -0.05) is 0 Å². The SMILES string of the molecule is COCCCNS(=O)(=O)CC(=O)O.